The van der Waals surface area contributed by atoms with Crippen molar-refractivity contribution < 1.29 is 4.39 Å². The zero-order valence-electron chi connectivity index (χ0n) is 7.67. The molecule has 0 amide bonds. The Morgan fingerprint density at radius 1 is 1.57 bits per heavy atom. The summed E-state index contributed by atoms with van der Waals surface area (Å²) in [5.74, 6) is -0.265. The minimum atomic E-state index is -0.265. The minimum Gasteiger partial charge on any atom is -0.207 e. The second kappa shape index (κ2) is 3.39. The highest BCUT2D eigenvalue weighted by atomic mass is 32.1. The van der Waals surface area contributed by atoms with Gasteiger partial charge in [0.15, 0.2) is 0 Å². The van der Waals surface area contributed by atoms with Crippen molar-refractivity contribution in [2.45, 2.75) is 13.3 Å². The van der Waals surface area contributed by atoms with Crippen LogP contribution in [0.15, 0.2) is 17.5 Å². The SMILES string of the molecule is CCc1c(F)cc(C#N)c2ccsc12. The van der Waals surface area contributed by atoms with E-state index in [1.165, 1.54) is 17.4 Å². The average molecular weight is 205 g/mol. The van der Waals surface area contributed by atoms with Gasteiger partial charge in [-0.05, 0) is 23.9 Å². The number of thiophene rings is 1. The van der Waals surface area contributed by atoms with Gasteiger partial charge in [0, 0.05) is 15.6 Å². The molecular formula is C11H8FNS. The van der Waals surface area contributed by atoms with Crippen LogP contribution in [0.25, 0.3) is 10.1 Å². The second-order valence-electron chi connectivity index (χ2n) is 3.01. The monoisotopic (exact) mass is 205 g/mol. The van der Waals surface area contributed by atoms with Crippen molar-refractivity contribution >= 4 is 21.4 Å². The third kappa shape index (κ3) is 1.19. The van der Waals surface area contributed by atoms with Gasteiger partial charge in [-0.1, -0.05) is 6.92 Å². The summed E-state index contributed by atoms with van der Waals surface area (Å²) in [6, 6.07) is 5.21. The molecule has 1 nitrogen and oxygen atoms in total. The molecule has 0 aliphatic heterocycles. The molecule has 0 aliphatic carbocycles. The molecule has 1 heterocycles. The van der Waals surface area contributed by atoms with Crippen LogP contribution in [0.4, 0.5) is 4.39 Å². The molecule has 0 aliphatic rings. The lowest BCUT2D eigenvalue weighted by molar-refractivity contribution is 0.615. The van der Waals surface area contributed by atoms with Crippen molar-refractivity contribution in [3.05, 3.63) is 34.5 Å². The Bertz CT molecular complexity index is 522. The Balaban J connectivity index is 2.90. The van der Waals surface area contributed by atoms with Gasteiger partial charge >= 0.3 is 0 Å². The van der Waals surface area contributed by atoms with Crippen LogP contribution in [-0.4, -0.2) is 0 Å². The van der Waals surface area contributed by atoms with E-state index in [2.05, 4.69) is 0 Å². The lowest BCUT2D eigenvalue weighted by Gasteiger charge is -2.02. The van der Waals surface area contributed by atoms with E-state index in [0.29, 0.717) is 17.5 Å². The molecule has 0 radical (unpaired) electrons. The molecular weight excluding hydrogens is 197 g/mol. The Morgan fingerprint density at radius 2 is 2.36 bits per heavy atom. The maximum Gasteiger partial charge on any atom is 0.129 e. The van der Waals surface area contributed by atoms with Gasteiger partial charge in [0.25, 0.3) is 0 Å². The summed E-state index contributed by atoms with van der Waals surface area (Å²) in [6.07, 6.45) is 0.661. The highest BCUT2D eigenvalue weighted by molar-refractivity contribution is 7.17. The molecule has 0 atom stereocenters. The van der Waals surface area contributed by atoms with Gasteiger partial charge in [0.05, 0.1) is 11.6 Å². The van der Waals surface area contributed by atoms with Crippen molar-refractivity contribution in [2.24, 2.45) is 0 Å². The molecule has 0 fully saturated rings. The predicted molar refractivity (Wildman–Crippen MR) is 55.9 cm³/mol. The van der Waals surface area contributed by atoms with Gasteiger partial charge in [-0.25, -0.2) is 4.39 Å². The van der Waals surface area contributed by atoms with E-state index in [0.717, 1.165) is 10.1 Å². The van der Waals surface area contributed by atoms with Crippen molar-refractivity contribution in [3.8, 4) is 6.07 Å². The molecule has 14 heavy (non-hydrogen) atoms. The molecule has 0 unspecified atom stereocenters. The summed E-state index contributed by atoms with van der Waals surface area (Å²) in [5, 5.41) is 11.6. The normalized spacial score (nSPS) is 10.4. The number of nitrogens with zero attached hydrogens (tertiary/aromatic N) is 1. The van der Waals surface area contributed by atoms with Crippen LogP contribution in [-0.2, 0) is 6.42 Å². The van der Waals surface area contributed by atoms with E-state index >= 15 is 0 Å². The van der Waals surface area contributed by atoms with Crippen LogP contribution in [0.3, 0.4) is 0 Å². The first kappa shape index (κ1) is 9.17. The quantitative estimate of drug-likeness (QED) is 0.699. The number of fused-ring (bicyclic) bond motifs is 1. The smallest absolute Gasteiger partial charge is 0.129 e. The summed E-state index contributed by atoms with van der Waals surface area (Å²) >= 11 is 1.49. The summed E-state index contributed by atoms with van der Waals surface area (Å²) in [4.78, 5) is 0. The molecule has 2 aromatic rings. The van der Waals surface area contributed by atoms with Gasteiger partial charge in [-0.2, -0.15) is 5.26 Å². The third-order valence-electron chi connectivity index (χ3n) is 2.26. The Kier molecular flexibility index (Phi) is 2.22. The molecule has 0 bridgehead atoms. The zero-order chi connectivity index (χ0) is 10.1. The summed E-state index contributed by atoms with van der Waals surface area (Å²) < 4.78 is 14.4. The molecule has 1 aromatic carbocycles. The summed E-state index contributed by atoms with van der Waals surface area (Å²) in [6.45, 7) is 1.92. The van der Waals surface area contributed by atoms with E-state index in [1.54, 1.807) is 0 Å². The lowest BCUT2D eigenvalue weighted by Crippen LogP contribution is -1.90. The van der Waals surface area contributed by atoms with Crippen molar-refractivity contribution in [3.63, 3.8) is 0 Å². The van der Waals surface area contributed by atoms with Gasteiger partial charge in [-0.3, -0.25) is 0 Å². The molecule has 3 heteroatoms. The average Bonchev–Trinajstić information content (AvgIpc) is 2.65. The fourth-order valence-electron chi connectivity index (χ4n) is 1.58. The van der Waals surface area contributed by atoms with Crippen molar-refractivity contribution in [1.29, 1.82) is 5.26 Å². The Labute approximate surface area is 85.4 Å². The summed E-state index contributed by atoms with van der Waals surface area (Å²) in [5.41, 5.74) is 1.14. The van der Waals surface area contributed by atoms with Crippen LogP contribution in [0.1, 0.15) is 18.1 Å². The molecule has 0 spiro atoms. The van der Waals surface area contributed by atoms with Gasteiger partial charge < -0.3 is 0 Å². The van der Waals surface area contributed by atoms with Gasteiger partial charge in [-0.15, -0.1) is 11.3 Å². The number of aryl methyl sites for hydroxylation is 1. The van der Waals surface area contributed by atoms with Crippen LogP contribution in [0.2, 0.25) is 0 Å². The second-order valence-corrected chi connectivity index (χ2v) is 3.93. The maximum atomic E-state index is 13.5. The van der Waals surface area contributed by atoms with E-state index in [1.807, 2.05) is 24.4 Å². The number of halogens is 1. The third-order valence-corrected chi connectivity index (χ3v) is 3.24. The molecule has 0 saturated carbocycles. The Morgan fingerprint density at radius 3 is 3.00 bits per heavy atom. The molecule has 70 valence electrons. The molecule has 2 rings (SSSR count). The van der Waals surface area contributed by atoms with Crippen molar-refractivity contribution in [1.82, 2.24) is 0 Å². The minimum absolute atomic E-state index is 0.265. The number of rotatable bonds is 1. The van der Waals surface area contributed by atoms with Crippen LogP contribution < -0.4 is 0 Å². The van der Waals surface area contributed by atoms with Gasteiger partial charge in [0.1, 0.15) is 5.82 Å². The van der Waals surface area contributed by atoms with Crippen molar-refractivity contribution in [2.75, 3.05) is 0 Å². The first-order valence-electron chi connectivity index (χ1n) is 4.36. The van der Waals surface area contributed by atoms with Crippen LogP contribution >= 0.6 is 11.3 Å². The molecule has 1 aromatic heterocycles. The molecule has 0 N–H and O–H groups in total. The highest BCUT2D eigenvalue weighted by Crippen LogP contribution is 2.30. The van der Waals surface area contributed by atoms with E-state index in [4.69, 9.17) is 5.26 Å². The van der Waals surface area contributed by atoms with E-state index in [9.17, 15) is 4.39 Å². The maximum absolute atomic E-state index is 13.5. The lowest BCUT2D eigenvalue weighted by atomic mass is 10.1. The largest absolute Gasteiger partial charge is 0.207 e. The first-order chi connectivity index (χ1) is 6.77. The number of benzene rings is 1. The van der Waals surface area contributed by atoms with E-state index in [-0.39, 0.29) is 5.82 Å². The number of hydrogen-bond donors (Lipinski definition) is 0. The standard InChI is InChI=1S/C11H8FNS/c1-2-8-10(12)5-7(6-13)9-3-4-14-11(8)9/h3-5H,2H2,1H3. The zero-order valence-corrected chi connectivity index (χ0v) is 8.49. The van der Waals surface area contributed by atoms with Crippen LogP contribution in [0, 0.1) is 17.1 Å². The predicted octanol–water partition coefficient (Wildman–Crippen LogP) is 3.47. The van der Waals surface area contributed by atoms with E-state index < -0.39 is 0 Å². The van der Waals surface area contributed by atoms with Crippen LogP contribution in [0.5, 0.6) is 0 Å². The fourth-order valence-corrected chi connectivity index (χ4v) is 2.61. The number of nitriles is 1. The highest BCUT2D eigenvalue weighted by Gasteiger charge is 2.11. The fraction of sp³-hybridized carbons (Fsp3) is 0.182. The van der Waals surface area contributed by atoms with Gasteiger partial charge in [0.2, 0.25) is 0 Å². The number of hydrogen-bond acceptors (Lipinski definition) is 2. The summed E-state index contributed by atoms with van der Waals surface area (Å²) in [7, 11) is 0. The topological polar surface area (TPSA) is 23.8 Å². The molecule has 0 saturated heterocycles. The Hall–Kier alpha value is -1.40. The first-order valence-corrected chi connectivity index (χ1v) is 5.24.